The molecule has 4 saturated carbocycles. The molecule has 0 aliphatic heterocycles. The van der Waals surface area contributed by atoms with Crippen LogP contribution in [0.2, 0.25) is 0 Å². The van der Waals surface area contributed by atoms with Gasteiger partial charge in [0.05, 0.1) is 0 Å². The molecule has 0 aromatic heterocycles. The Morgan fingerprint density at radius 1 is 1.07 bits per heavy atom. The smallest absolute Gasteiger partial charge is 0.139 e. The third-order valence-electron chi connectivity index (χ3n) is 9.05. The van der Waals surface area contributed by atoms with E-state index in [-0.39, 0.29) is 29.2 Å². The number of allylic oxidation sites excluding steroid dienone is 1. The second kappa shape index (κ2) is 7.63. The normalized spacial score (nSPS) is 46.6. The summed E-state index contributed by atoms with van der Waals surface area (Å²) >= 11 is 0. The van der Waals surface area contributed by atoms with E-state index >= 15 is 0 Å². The van der Waals surface area contributed by atoms with Gasteiger partial charge in [-0.2, -0.15) is 0 Å². The first-order chi connectivity index (χ1) is 12.4. The minimum atomic E-state index is -0.130. The van der Waals surface area contributed by atoms with Crippen molar-refractivity contribution in [3.8, 4) is 0 Å². The Labute approximate surface area is 170 Å². The summed E-state index contributed by atoms with van der Waals surface area (Å²) in [5.41, 5.74) is 5.60. The molecule has 4 fully saturated rings. The number of rotatable bonds is 3. The molecule has 4 aliphatic carbocycles. The molecule has 4 rings (SSSR count). The van der Waals surface area contributed by atoms with E-state index in [2.05, 4.69) is 19.9 Å². The Morgan fingerprint density at radius 3 is 2.59 bits per heavy atom. The van der Waals surface area contributed by atoms with Crippen LogP contribution in [0.25, 0.3) is 0 Å². The van der Waals surface area contributed by atoms with E-state index in [1.54, 1.807) is 0 Å². The Hall–Kier alpha value is -0.670. The van der Waals surface area contributed by atoms with Gasteiger partial charge in [-0.1, -0.05) is 26.0 Å². The SMILES string of the molecule is C[C@]12CCC(CC=CCN)CC1C(=O)C[C@@H]1[C@H]2CC[C@]2(C)C(=O)CC[C@@H]12.Cl. The standard InChI is InChI=1S/C23H35NO2.ClH/c1-22-10-8-15(5-3-4-12-24)13-19(22)20(25)14-16-17-6-7-21(26)23(17,2)11-9-18(16)22;/h3-4,15-19H,5-14,24H2,1-2H3;1H/t15?,16-,17-,18+,19?,22+,23-;/m0./s1. The van der Waals surface area contributed by atoms with Crippen molar-refractivity contribution in [3.63, 3.8) is 0 Å². The van der Waals surface area contributed by atoms with E-state index in [9.17, 15) is 9.59 Å². The molecule has 0 spiro atoms. The molecule has 3 nitrogen and oxygen atoms in total. The fourth-order valence-corrected chi connectivity index (χ4v) is 7.49. The van der Waals surface area contributed by atoms with Crippen molar-refractivity contribution in [2.75, 3.05) is 6.54 Å². The fourth-order valence-electron chi connectivity index (χ4n) is 7.49. The molecule has 0 radical (unpaired) electrons. The Morgan fingerprint density at radius 2 is 1.85 bits per heavy atom. The highest BCUT2D eigenvalue weighted by Gasteiger charge is 2.62. The summed E-state index contributed by atoms with van der Waals surface area (Å²) in [4.78, 5) is 25.7. The zero-order chi connectivity index (χ0) is 18.5. The van der Waals surface area contributed by atoms with E-state index < -0.39 is 0 Å². The minimum Gasteiger partial charge on any atom is -0.327 e. The van der Waals surface area contributed by atoms with Crippen LogP contribution in [0.4, 0.5) is 0 Å². The first-order valence-corrected chi connectivity index (χ1v) is 10.8. The fraction of sp³-hybridized carbons (Fsp3) is 0.826. The average Bonchev–Trinajstić information content (AvgIpc) is 2.92. The second-order valence-corrected chi connectivity index (χ2v) is 10.1. The van der Waals surface area contributed by atoms with Gasteiger partial charge in [0.25, 0.3) is 0 Å². The molecule has 0 saturated heterocycles. The van der Waals surface area contributed by atoms with E-state index in [1.807, 2.05) is 6.08 Å². The Balaban J connectivity index is 0.00000210. The van der Waals surface area contributed by atoms with Crippen LogP contribution in [0, 0.1) is 40.4 Å². The number of ketones is 2. The number of hydrogen-bond acceptors (Lipinski definition) is 3. The highest BCUT2D eigenvalue weighted by molar-refractivity contribution is 5.88. The van der Waals surface area contributed by atoms with Gasteiger partial charge >= 0.3 is 0 Å². The van der Waals surface area contributed by atoms with E-state index in [4.69, 9.17) is 5.73 Å². The van der Waals surface area contributed by atoms with Crippen LogP contribution in [0.15, 0.2) is 12.2 Å². The van der Waals surface area contributed by atoms with Crippen LogP contribution in [0.5, 0.6) is 0 Å². The molecule has 152 valence electrons. The largest absolute Gasteiger partial charge is 0.327 e. The number of fused-ring (bicyclic) bond motifs is 5. The van der Waals surface area contributed by atoms with Crippen molar-refractivity contribution in [3.05, 3.63) is 12.2 Å². The van der Waals surface area contributed by atoms with Crippen LogP contribution in [0.3, 0.4) is 0 Å². The maximum absolute atomic E-state index is 13.2. The summed E-state index contributed by atoms with van der Waals surface area (Å²) in [5.74, 6) is 3.42. The summed E-state index contributed by atoms with van der Waals surface area (Å²) < 4.78 is 0. The predicted octanol–water partition coefficient (Wildman–Crippen LogP) is 4.72. The number of hydrogen-bond donors (Lipinski definition) is 1. The van der Waals surface area contributed by atoms with Gasteiger partial charge in [-0.25, -0.2) is 0 Å². The summed E-state index contributed by atoms with van der Waals surface area (Å²) in [5, 5.41) is 0. The van der Waals surface area contributed by atoms with Gasteiger partial charge in [0.15, 0.2) is 0 Å². The molecule has 2 unspecified atom stereocenters. The van der Waals surface area contributed by atoms with E-state index in [0.29, 0.717) is 41.8 Å². The molecule has 0 aromatic carbocycles. The number of nitrogens with two attached hydrogens (primary N) is 1. The molecule has 0 aromatic rings. The Bertz CT molecular complexity index is 632. The zero-order valence-corrected chi connectivity index (χ0v) is 17.7. The highest BCUT2D eigenvalue weighted by atomic mass is 35.5. The quantitative estimate of drug-likeness (QED) is 0.705. The van der Waals surface area contributed by atoms with Gasteiger partial charge in [-0.3, -0.25) is 9.59 Å². The molecule has 27 heavy (non-hydrogen) atoms. The van der Waals surface area contributed by atoms with Gasteiger partial charge in [0, 0.05) is 30.7 Å². The molecule has 4 aliphatic rings. The maximum Gasteiger partial charge on any atom is 0.139 e. The van der Waals surface area contributed by atoms with Gasteiger partial charge in [-0.05, 0) is 74.0 Å². The molecular formula is C23H36ClNO2. The molecule has 7 atom stereocenters. The lowest BCUT2D eigenvalue weighted by molar-refractivity contribution is -0.157. The van der Waals surface area contributed by atoms with Gasteiger partial charge < -0.3 is 5.73 Å². The van der Waals surface area contributed by atoms with Crippen molar-refractivity contribution in [2.45, 2.75) is 71.6 Å². The van der Waals surface area contributed by atoms with Crippen LogP contribution in [0.1, 0.15) is 71.6 Å². The zero-order valence-electron chi connectivity index (χ0n) is 16.9. The van der Waals surface area contributed by atoms with Crippen molar-refractivity contribution >= 4 is 24.0 Å². The van der Waals surface area contributed by atoms with Crippen molar-refractivity contribution in [2.24, 2.45) is 46.2 Å². The third kappa shape index (κ3) is 3.23. The lowest BCUT2D eigenvalue weighted by Gasteiger charge is -2.59. The number of carbonyl (C=O) groups excluding carboxylic acids is 2. The number of halogens is 1. The van der Waals surface area contributed by atoms with Crippen LogP contribution in [-0.4, -0.2) is 18.1 Å². The third-order valence-corrected chi connectivity index (χ3v) is 9.05. The summed E-state index contributed by atoms with van der Waals surface area (Å²) in [6.07, 6.45) is 13.5. The van der Waals surface area contributed by atoms with Crippen molar-refractivity contribution in [1.29, 1.82) is 0 Å². The number of carbonyl (C=O) groups is 2. The lowest BCUT2D eigenvalue weighted by atomic mass is 9.44. The summed E-state index contributed by atoms with van der Waals surface area (Å²) in [7, 11) is 0. The van der Waals surface area contributed by atoms with E-state index in [0.717, 1.165) is 44.9 Å². The average molecular weight is 394 g/mol. The van der Waals surface area contributed by atoms with Crippen LogP contribution < -0.4 is 5.73 Å². The van der Waals surface area contributed by atoms with Gasteiger partial charge in [0.1, 0.15) is 11.6 Å². The minimum absolute atomic E-state index is 0. The highest BCUT2D eigenvalue weighted by Crippen LogP contribution is 2.65. The van der Waals surface area contributed by atoms with Crippen LogP contribution in [-0.2, 0) is 9.59 Å². The summed E-state index contributed by atoms with van der Waals surface area (Å²) in [6, 6.07) is 0. The Kier molecular flexibility index (Phi) is 5.95. The molecule has 0 bridgehead atoms. The molecule has 0 amide bonds. The molecule has 0 heterocycles. The van der Waals surface area contributed by atoms with E-state index in [1.165, 1.54) is 12.8 Å². The first kappa shape index (κ1) is 21.0. The lowest BCUT2D eigenvalue weighted by Crippen LogP contribution is -2.56. The molecular weight excluding hydrogens is 358 g/mol. The second-order valence-electron chi connectivity index (χ2n) is 10.1. The summed E-state index contributed by atoms with van der Waals surface area (Å²) in [6.45, 7) is 5.22. The van der Waals surface area contributed by atoms with Crippen molar-refractivity contribution in [1.82, 2.24) is 0 Å². The predicted molar refractivity (Wildman–Crippen MR) is 111 cm³/mol. The first-order valence-electron chi connectivity index (χ1n) is 10.8. The topological polar surface area (TPSA) is 60.2 Å². The monoisotopic (exact) mass is 393 g/mol. The number of Topliss-reactive ketones (excluding diaryl/α,β-unsaturated/α-hetero) is 2. The van der Waals surface area contributed by atoms with Crippen LogP contribution >= 0.6 is 12.4 Å². The van der Waals surface area contributed by atoms with Gasteiger partial charge in [-0.15, -0.1) is 12.4 Å². The molecule has 2 N–H and O–H groups in total. The van der Waals surface area contributed by atoms with Gasteiger partial charge in [0.2, 0.25) is 0 Å². The maximum atomic E-state index is 13.2. The molecule has 4 heteroatoms. The van der Waals surface area contributed by atoms with Crippen molar-refractivity contribution < 1.29 is 9.59 Å².